The third-order valence-corrected chi connectivity index (χ3v) is 3.68. The number of furan rings is 1. The molecule has 0 aliphatic heterocycles. The maximum absolute atomic E-state index is 11.2. The van der Waals surface area contributed by atoms with Gasteiger partial charge in [-0.1, -0.05) is 18.2 Å². The monoisotopic (exact) mass is 320 g/mol. The molecular weight excluding hydrogens is 312 g/mol. The molecule has 1 N–H and O–H groups in total. The van der Waals surface area contributed by atoms with Gasteiger partial charge in [-0.3, -0.25) is 4.68 Å². The van der Waals surface area contributed by atoms with E-state index in [1.54, 1.807) is 13.3 Å². The van der Waals surface area contributed by atoms with Crippen LogP contribution in [0, 0.1) is 0 Å². The van der Waals surface area contributed by atoms with Crippen molar-refractivity contribution >= 4 is 32.9 Å². The van der Waals surface area contributed by atoms with Crippen molar-refractivity contribution in [2.24, 2.45) is 7.05 Å². The Labute approximate surface area is 116 Å². The molecular formula is C13H9BrN2O3. The standard InChI is InChI=1S/C13H9BrN2O3/c1-16-12(13(17)18)10(14)11(15-16)8-6-19-9-5-3-2-4-7(8)9/h2-6H,1H3,(H,17,18). The first-order valence-electron chi connectivity index (χ1n) is 5.52. The zero-order chi connectivity index (χ0) is 13.6. The second kappa shape index (κ2) is 4.24. The average molecular weight is 321 g/mol. The summed E-state index contributed by atoms with van der Waals surface area (Å²) in [7, 11) is 1.60. The predicted molar refractivity (Wildman–Crippen MR) is 73.1 cm³/mol. The fourth-order valence-electron chi connectivity index (χ4n) is 2.06. The van der Waals surface area contributed by atoms with Crippen molar-refractivity contribution in [3.05, 3.63) is 40.7 Å². The van der Waals surface area contributed by atoms with E-state index in [0.717, 1.165) is 16.5 Å². The van der Waals surface area contributed by atoms with Crippen LogP contribution in [-0.2, 0) is 7.05 Å². The van der Waals surface area contributed by atoms with Gasteiger partial charge in [0.25, 0.3) is 0 Å². The molecule has 0 spiro atoms. The van der Waals surface area contributed by atoms with Crippen LogP contribution >= 0.6 is 15.9 Å². The Bertz CT molecular complexity index is 788. The highest BCUT2D eigenvalue weighted by Crippen LogP contribution is 2.35. The number of benzene rings is 1. The number of aromatic carboxylic acids is 1. The number of fused-ring (bicyclic) bond motifs is 1. The van der Waals surface area contributed by atoms with E-state index in [9.17, 15) is 4.79 Å². The number of aromatic nitrogens is 2. The summed E-state index contributed by atoms with van der Waals surface area (Å²) in [6.07, 6.45) is 1.59. The topological polar surface area (TPSA) is 68.3 Å². The van der Waals surface area contributed by atoms with Gasteiger partial charge in [0.1, 0.15) is 17.5 Å². The van der Waals surface area contributed by atoms with E-state index in [0.29, 0.717) is 10.2 Å². The number of halogens is 1. The number of hydrogen-bond acceptors (Lipinski definition) is 3. The highest BCUT2D eigenvalue weighted by Gasteiger charge is 2.22. The van der Waals surface area contributed by atoms with E-state index in [4.69, 9.17) is 9.52 Å². The van der Waals surface area contributed by atoms with Gasteiger partial charge in [0, 0.05) is 18.0 Å². The summed E-state index contributed by atoms with van der Waals surface area (Å²) in [5.74, 6) is -1.03. The highest BCUT2D eigenvalue weighted by molar-refractivity contribution is 9.10. The molecule has 6 heteroatoms. The zero-order valence-corrected chi connectivity index (χ0v) is 11.5. The molecule has 2 aromatic heterocycles. The number of carboxylic acids is 1. The number of para-hydroxylation sites is 1. The normalized spacial score (nSPS) is 11.1. The van der Waals surface area contributed by atoms with Gasteiger partial charge in [-0.2, -0.15) is 5.10 Å². The smallest absolute Gasteiger partial charge is 0.355 e. The summed E-state index contributed by atoms with van der Waals surface area (Å²) in [6.45, 7) is 0. The zero-order valence-electron chi connectivity index (χ0n) is 9.92. The van der Waals surface area contributed by atoms with E-state index >= 15 is 0 Å². The predicted octanol–water partition coefficient (Wildman–Crippen LogP) is 3.29. The Hall–Kier alpha value is -2.08. The van der Waals surface area contributed by atoms with Gasteiger partial charge < -0.3 is 9.52 Å². The van der Waals surface area contributed by atoms with Gasteiger partial charge in [-0.15, -0.1) is 0 Å². The third-order valence-electron chi connectivity index (χ3n) is 2.93. The summed E-state index contributed by atoms with van der Waals surface area (Å²) < 4.78 is 7.24. The fourth-order valence-corrected chi connectivity index (χ4v) is 2.78. The Morgan fingerprint density at radius 2 is 2.16 bits per heavy atom. The summed E-state index contributed by atoms with van der Waals surface area (Å²) in [6, 6.07) is 7.55. The van der Waals surface area contributed by atoms with E-state index in [2.05, 4.69) is 21.0 Å². The molecule has 19 heavy (non-hydrogen) atoms. The molecule has 1 aromatic carbocycles. The van der Waals surface area contributed by atoms with E-state index < -0.39 is 5.97 Å². The van der Waals surface area contributed by atoms with Crippen LogP contribution in [0.15, 0.2) is 39.4 Å². The first-order valence-corrected chi connectivity index (χ1v) is 6.31. The lowest BCUT2D eigenvalue weighted by Crippen LogP contribution is -2.05. The van der Waals surface area contributed by atoms with Crippen LogP contribution < -0.4 is 0 Å². The highest BCUT2D eigenvalue weighted by atomic mass is 79.9. The Kier molecular flexibility index (Phi) is 2.67. The minimum atomic E-state index is -1.03. The Morgan fingerprint density at radius 3 is 2.84 bits per heavy atom. The summed E-state index contributed by atoms with van der Waals surface area (Å²) in [4.78, 5) is 11.2. The van der Waals surface area contributed by atoms with Gasteiger partial charge in [0.15, 0.2) is 5.69 Å². The molecule has 0 saturated carbocycles. The molecule has 0 radical (unpaired) electrons. The van der Waals surface area contributed by atoms with Crippen molar-refractivity contribution < 1.29 is 14.3 Å². The summed E-state index contributed by atoms with van der Waals surface area (Å²) >= 11 is 3.30. The minimum Gasteiger partial charge on any atom is -0.476 e. The van der Waals surface area contributed by atoms with Crippen molar-refractivity contribution in [1.29, 1.82) is 0 Å². The van der Waals surface area contributed by atoms with Crippen LogP contribution in [0.3, 0.4) is 0 Å². The number of rotatable bonds is 2. The van der Waals surface area contributed by atoms with Crippen LogP contribution in [-0.4, -0.2) is 20.9 Å². The van der Waals surface area contributed by atoms with Crippen LogP contribution in [0.2, 0.25) is 0 Å². The van der Waals surface area contributed by atoms with Crippen molar-refractivity contribution in [3.63, 3.8) is 0 Å². The number of carboxylic acid groups (broad SMARTS) is 1. The molecule has 5 nitrogen and oxygen atoms in total. The van der Waals surface area contributed by atoms with Crippen molar-refractivity contribution in [1.82, 2.24) is 9.78 Å². The van der Waals surface area contributed by atoms with Crippen molar-refractivity contribution in [2.45, 2.75) is 0 Å². The molecule has 3 aromatic rings. The fraction of sp³-hybridized carbons (Fsp3) is 0.0769. The van der Waals surface area contributed by atoms with Gasteiger partial charge in [0.05, 0.1) is 4.47 Å². The van der Waals surface area contributed by atoms with E-state index in [1.807, 2.05) is 24.3 Å². The number of aryl methyl sites for hydroxylation is 1. The Morgan fingerprint density at radius 1 is 1.42 bits per heavy atom. The number of nitrogens with zero attached hydrogens (tertiary/aromatic N) is 2. The molecule has 0 aliphatic carbocycles. The third kappa shape index (κ3) is 1.76. The SMILES string of the molecule is Cn1nc(-c2coc3ccccc23)c(Br)c1C(=O)O. The molecule has 0 bridgehead atoms. The molecule has 0 saturated heterocycles. The van der Waals surface area contributed by atoms with Gasteiger partial charge >= 0.3 is 5.97 Å². The lowest BCUT2D eigenvalue weighted by molar-refractivity contribution is 0.0684. The molecule has 2 heterocycles. The molecule has 3 rings (SSSR count). The summed E-state index contributed by atoms with van der Waals surface area (Å²) in [5.41, 5.74) is 2.18. The second-order valence-corrected chi connectivity index (χ2v) is 4.88. The molecule has 0 fully saturated rings. The first-order chi connectivity index (χ1) is 9.09. The molecule has 0 aliphatic rings. The van der Waals surface area contributed by atoms with Crippen LogP contribution in [0.5, 0.6) is 0 Å². The van der Waals surface area contributed by atoms with Gasteiger partial charge in [-0.05, 0) is 22.0 Å². The lowest BCUT2D eigenvalue weighted by atomic mass is 10.1. The van der Waals surface area contributed by atoms with E-state index in [-0.39, 0.29) is 5.69 Å². The minimum absolute atomic E-state index is 0.111. The summed E-state index contributed by atoms with van der Waals surface area (Å²) in [5, 5.41) is 14.3. The molecule has 0 amide bonds. The van der Waals surface area contributed by atoms with E-state index in [1.165, 1.54) is 4.68 Å². The average Bonchev–Trinajstić information content (AvgIpc) is 2.90. The van der Waals surface area contributed by atoms with Crippen LogP contribution in [0.25, 0.3) is 22.2 Å². The van der Waals surface area contributed by atoms with Crippen molar-refractivity contribution in [3.8, 4) is 11.3 Å². The van der Waals surface area contributed by atoms with Crippen LogP contribution in [0.1, 0.15) is 10.5 Å². The number of carbonyl (C=O) groups is 1. The molecule has 0 unspecified atom stereocenters. The maximum Gasteiger partial charge on any atom is 0.355 e. The quantitative estimate of drug-likeness (QED) is 0.786. The molecule has 0 atom stereocenters. The largest absolute Gasteiger partial charge is 0.476 e. The second-order valence-electron chi connectivity index (χ2n) is 4.09. The van der Waals surface area contributed by atoms with Gasteiger partial charge in [0.2, 0.25) is 0 Å². The number of hydrogen-bond donors (Lipinski definition) is 1. The first kappa shape index (κ1) is 12.0. The molecule has 96 valence electrons. The van der Waals surface area contributed by atoms with Gasteiger partial charge in [-0.25, -0.2) is 4.79 Å². The van der Waals surface area contributed by atoms with Crippen LogP contribution in [0.4, 0.5) is 0 Å². The van der Waals surface area contributed by atoms with Crippen molar-refractivity contribution in [2.75, 3.05) is 0 Å². The maximum atomic E-state index is 11.2. The lowest BCUT2D eigenvalue weighted by Gasteiger charge is -1.94. The Balaban J connectivity index is 2.28.